The van der Waals surface area contributed by atoms with Crippen LogP contribution in [-0.2, 0) is 0 Å². The molecule has 0 aliphatic rings. The van der Waals surface area contributed by atoms with Gasteiger partial charge in [-0.3, -0.25) is 10.1 Å². The maximum atomic E-state index is 12.0. The first-order chi connectivity index (χ1) is 8.81. The number of carbonyl (C=O) groups is 1. The van der Waals surface area contributed by atoms with Crippen molar-refractivity contribution in [2.24, 2.45) is 0 Å². The van der Waals surface area contributed by atoms with Gasteiger partial charge in [0, 0.05) is 0 Å². The molecule has 1 amide bonds. The summed E-state index contributed by atoms with van der Waals surface area (Å²) in [6, 6.07) is 6.86. The van der Waals surface area contributed by atoms with E-state index in [1.54, 1.807) is 24.3 Å². The van der Waals surface area contributed by atoms with Crippen LogP contribution in [0.25, 0.3) is 0 Å². The normalized spacial score (nSPS) is 9.50. The van der Waals surface area contributed by atoms with Crippen molar-refractivity contribution < 1.29 is 9.53 Å². The highest BCUT2D eigenvalue weighted by Crippen LogP contribution is 2.19. The third-order valence-electron chi connectivity index (χ3n) is 2.02. The molecule has 0 bridgehead atoms. The second kappa shape index (κ2) is 5.80. The van der Waals surface area contributed by atoms with Gasteiger partial charge in [0.25, 0.3) is 5.91 Å². The van der Waals surface area contributed by atoms with E-state index in [2.05, 4.69) is 21.4 Å². The van der Waals surface area contributed by atoms with Crippen LogP contribution < -0.4 is 10.1 Å². The Morgan fingerprint density at radius 3 is 3.06 bits per heavy atom. The molecule has 1 aromatic heterocycles. The summed E-state index contributed by atoms with van der Waals surface area (Å²) in [7, 11) is 0. The van der Waals surface area contributed by atoms with Gasteiger partial charge in [0.2, 0.25) is 5.13 Å². The molecule has 5 nitrogen and oxygen atoms in total. The van der Waals surface area contributed by atoms with E-state index in [-0.39, 0.29) is 12.5 Å². The molecule has 0 spiro atoms. The molecule has 0 saturated heterocycles. The SMILES string of the molecule is C#CCOc1ccccc1C(=O)Nc1nncs1. The zero-order valence-corrected chi connectivity index (χ0v) is 10.1. The fourth-order valence-corrected chi connectivity index (χ4v) is 1.73. The molecule has 0 aliphatic carbocycles. The first kappa shape index (κ1) is 12.1. The van der Waals surface area contributed by atoms with Crippen molar-refractivity contribution in [2.75, 3.05) is 11.9 Å². The number of para-hydroxylation sites is 1. The summed E-state index contributed by atoms with van der Waals surface area (Å²) in [4.78, 5) is 12.0. The van der Waals surface area contributed by atoms with Crippen LogP contribution in [0.5, 0.6) is 5.75 Å². The van der Waals surface area contributed by atoms with Gasteiger partial charge in [0.1, 0.15) is 17.9 Å². The molecule has 0 aliphatic heterocycles. The number of aromatic nitrogens is 2. The van der Waals surface area contributed by atoms with E-state index >= 15 is 0 Å². The minimum absolute atomic E-state index is 0.114. The van der Waals surface area contributed by atoms with Crippen LogP contribution in [0, 0.1) is 12.3 Å². The van der Waals surface area contributed by atoms with Gasteiger partial charge in [-0.15, -0.1) is 16.6 Å². The number of hydrogen-bond acceptors (Lipinski definition) is 5. The van der Waals surface area contributed by atoms with Gasteiger partial charge in [-0.05, 0) is 12.1 Å². The quantitative estimate of drug-likeness (QED) is 0.850. The lowest BCUT2D eigenvalue weighted by Gasteiger charge is -2.08. The van der Waals surface area contributed by atoms with E-state index in [1.807, 2.05) is 0 Å². The van der Waals surface area contributed by atoms with Gasteiger partial charge in [-0.1, -0.05) is 29.4 Å². The maximum Gasteiger partial charge on any atom is 0.261 e. The van der Waals surface area contributed by atoms with E-state index < -0.39 is 0 Å². The molecule has 1 N–H and O–H groups in total. The zero-order valence-electron chi connectivity index (χ0n) is 9.29. The fourth-order valence-electron chi connectivity index (χ4n) is 1.29. The van der Waals surface area contributed by atoms with Crippen LogP contribution in [-0.4, -0.2) is 22.7 Å². The van der Waals surface area contributed by atoms with Gasteiger partial charge < -0.3 is 4.74 Å². The van der Waals surface area contributed by atoms with Gasteiger partial charge in [0.05, 0.1) is 5.56 Å². The second-order valence-electron chi connectivity index (χ2n) is 3.19. The summed E-state index contributed by atoms with van der Waals surface area (Å²) in [5, 5.41) is 10.4. The van der Waals surface area contributed by atoms with Crippen molar-refractivity contribution in [3.05, 3.63) is 35.3 Å². The number of anilines is 1. The molecule has 1 heterocycles. The van der Waals surface area contributed by atoms with Gasteiger partial charge >= 0.3 is 0 Å². The highest BCUT2D eigenvalue weighted by molar-refractivity contribution is 7.13. The van der Waals surface area contributed by atoms with Crippen molar-refractivity contribution in [3.63, 3.8) is 0 Å². The molecule has 2 rings (SSSR count). The van der Waals surface area contributed by atoms with Crippen LogP contribution in [0.1, 0.15) is 10.4 Å². The van der Waals surface area contributed by atoms with Crippen molar-refractivity contribution >= 4 is 22.4 Å². The van der Waals surface area contributed by atoms with Crippen molar-refractivity contribution in [2.45, 2.75) is 0 Å². The summed E-state index contributed by atoms with van der Waals surface area (Å²) in [6.45, 7) is 0.114. The summed E-state index contributed by atoms with van der Waals surface area (Å²) in [6.07, 6.45) is 5.12. The maximum absolute atomic E-state index is 12.0. The van der Waals surface area contributed by atoms with Crippen LogP contribution in [0.15, 0.2) is 29.8 Å². The fraction of sp³-hybridized carbons (Fsp3) is 0.0833. The number of benzene rings is 1. The average Bonchev–Trinajstić information content (AvgIpc) is 2.89. The smallest absolute Gasteiger partial charge is 0.261 e. The molecular weight excluding hydrogens is 250 g/mol. The van der Waals surface area contributed by atoms with E-state index in [0.29, 0.717) is 16.4 Å². The Hall–Kier alpha value is -2.39. The monoisotopic (exact) mass is 259 g/mol. The Bertz CT molecular complexity index is 575. The van der Waals surface area contributed by atoms with Crippen molar-refractivity contribution in [1.29, 1.82) is 0 Å². The number of terminal acetylenes is 1. The Balaban J connectivity index is 2.17. The Morgan fingerprint density at radius 1 is 1.50 bits per heavy atom. The summed E-state index contributed by atoms with van der Waals surface area (Å²) in [5.41, 5.74) is 1.94. The lowest BCUT2D eigenvalue weighted by atomic mass is 10.2. The van der Waals surface area contributed by atoms with E-state index in [1.165, 1.54) is 16.8 Å². The van der Waals surface area contributed by atoms with E-state index in [4.69, 9.17) is 11.2 Å². The third-order valence-corrected chi connectivity index (χ3v) is 2.63. The summed E-state index contributed by atoms with van der Waals surface area (Å²) in [5.74, 6) is 2.49. The molecule has 1 aromatic carbocycles. The number of carbonyl (C=O) groups excluding carboxylic acids is 1. The summed E-state index contributed by atoms with van der Waals surface area (Å²) < 4.78 is 5.30. The molecule has 0 unspecified atom stereocenters. The Morgan fingerprint density at radius 2 is 2.33 bits per heavy atom. The van der Waals surface area contributed by atoms with Crippen LogP contribution in [0.2, 0.25) is 0 Å². The van der Waals surface area contributed by atoms with Crippen molar-refractivity contribution in [3.8, 4) is 18.1 Å². The van der Waals surface area contributed by atoms with Crippen LogP contribution in [0.3, 0.4) is 0 Å². The predicted molar refractivity (Wildman–Crippen MR) is 68.6 cm³/mol. The molecule has 18 heavy (non-hydrogen) atoms. The highest BCUT2D eigenvalue weighted by Gasteiger charge is 2.13. The first-order valence-corrected chi connectivity index (χ1v) is 5.92. The highest BCUT2D eigenvalue weighted by atomic mass is 32.1. The number of hydrogen-bond donors (Lipinski definition) is 1. The standard InChI is InChI=1S/C12H9N3O2S/c1-2-7-17-10-6-4-3-5-9(10)11(16)14-12-15-13-8-18-12/h1,3-6,8H,7H2,(H,14,15,16). The predicted octanol–water partition coefficient (Wildman–Crippen LogP) is 1.80. The lowest BCUT2D eigenvalue weighted by Crippen LogP contribution is -2.13. The van der Waals surface area contributed by atoms with Crippen molar-refractivity contribution in [1.82, 2.24) is 10.2 Å². The van der Waals surface area contributed by atoms with Gasteiger partial charge in [-0.25, -0.2) is 0 Å². The number of rotatable bonds is 4. The molecule has 0 radical (unpaired) electrons. The van der Waals surface area contributed by atoms with E-state index in [0.717, 1.165) is 0 Å². The lowest BCUT2D eigenvalue weighted by molar-refractivity contribution is 0.102. The number of nitrogens with zero attached hydrogens (tertiary/aromatic N) is 2. The minimum Gasteiger partial charge on any atom is -0.480 e. The Kier molecular flexibility index (Phi) is 3.89. The molecule has 2 aromatic rings. The van der Waals surface area contributed by atoms with E-state index in [9.17, 15) is 4.79 Å². The van der Waals surface area contributed by atoms with Crippen LogP contribution >= 0.6 is 11.3 Å². The topological polar surface area (TPSA) is 64.1 Å². The number of amides is 1. The molecule has 0 fully saturated rings. The molecule has 0 atom stereocenters. The van der Waals surface area contributed by atoms with Gasteiger partial charge in [0.15, 0.2) is 0 Å². The molecule has 0 saturated carbocycles. The minimum atomic E-state index is -0.306. The zero-order chi connectivity index (χ0) is 12.8. The largest absolute Gasteiger partial charge is 0.480 e. The average molecular weight is 259 g/mol. The molecule has 90 valence electrons. The third kappa shape index (κ3) is 2.84. The van der Waals surface area contributed by atoms with Gasteiger partial charge in [-0.2, -0.15) is 0 Å². The summed E-state index contributed by atoms with van der Waals surface area (Å²) >= 11 is 1.24. The number of nitrogens with one attached hydrogen (secondary N) is 1. The number of ether oxygens (including phenoxy) is 1. The Labute approximate surface area is 108 Å². The van der Waals surface area contributed by atoms with Crippen LogP contribution in [0.4, 0.5) is 5.13 Å². The molecule has 6 heteroatoms. The first-order valence-electron chi connectivity index (χ1n) is 5.04. The second-order valence-corrected chi connectivity index (χ2v) is 4.02. The molecular formula is C12H9N3O2S.